The van der Waals surface area contributed by atoms with Crippen LogP contribution in [0, 0.1) is 0 Å². The number of carbonyl (C=O) groups excluding carboxylic acids is 1. The fraction of sp³-hybridized carbons (Fsp3) is 0.400. The molecule has 0 amide bonds. The number of benzene rings is 1. The maximum atomic E-state index is 11.5. The monoisotopic (exact) mass is 261 g/mol. The molecule has 2 nitrogen and oxygen atoms in total. The maximum absolute atomic E-state index is 11.5. The van der Waals surface area contributed by atoms with E-state index in [4.69, 9.17) is 0 Å². The highest BCUT2D eigenvalue weighted by Gasteiger charge is 2.28. The van der Waals surface area contributed by atoms with Gasteiger partial charge in [0.1, 0.15) is 5.78 Å². The number of allylic oxidation sites excluding steroid dienone is 1. The average Bonchev–Trinajstić information content (AvgIpc) is 2.80. The van der Waals surface area contributed by atoms with E-state index < -0.39 is 0 Å². The van der Waals surface area contributed by atoms with Crippen LogP contribution < -0.4 is 0 Å². The van der Waals surface area contributed by atoms with Crippen LogP contribution in [0.2, 0.25) is 0 Å². The third-order valence-electron chi connectivity index (χ3n) is 3.13. The first-order valence-corrected chi connectivity index (χ1v) is 7.16. The van der Waals surface area contributed by atoms with Gasteiger partial charge in [0.15, 0.2) is 0 Å². The standard InChI is InChI=1S/C15H19NOS/c1-3-5-13-7-9-14(10-8-13)18-16-11-4-6-15(16)12(2)17/h3,5,7-10,15H,4,6,11H2,1-2H3. The Morgan fingerprint density at radius 2 is 2.11 bits per heavy atom. The predicted molar refractivity (Wildman–Crippen MR) is 77.4 cm³/mol. The second-order valence-corrected chi connectivity index (χ2v) is 5.69. The van der Waals surface area contributed by atoms with Crippen molar-refractivity contribution in [3.8, 4) is 0 Å². The first-order valence-electron chi connectivity index (χ1n) is 6.38. The molecule has 1 aromatic rings. The number of Topliss-reactive ketones (excluding diaryl/α,β-unsaturated/α-hetero) is 1. The van der Waals surface area contributed by atoms with E-state index in [1.165, 1.54) is 10.5 Å². The Balaban J connectivity index is 2.02. The van der Waals surface area contributed by atoms with Gasteiger partial charge >= 0.3 is 0 Å². The molecule has 1 aromatic carbocycles. The molecule has 0 bridgehead atoms. The first-order chi connectivity index (χ1) is 8.70. The number of hydrogen-bond acceptors (Lipinski definition) is 3. The zero-order valence-electron chi connectivity index (χ0n) is 10.9. The molecule has 1 saturated heterocycles. The van der Waals surface area contributed by atoms with Crippen molar-refractivity contribution in [3.05, 3.63) is 35.9 Å². The number of nitrogens with zero attached hydrogens (tertiary/aromatic N) is 1. The zero-order valence-corrected chi connectivity index (χ0v) is 11.7. The second kappa shape index (κ2) is 6.21. The zero-order chi connectivity index (χ0) is 13.0. The molecule has 1 aliphatic heterocycles. The van der Waals surface area contributed by atoms with Crippen LogP contribution in [0.3, 0.4) is 0 Å². The van der Waals surface area contributed by atoms with E-state index >= 15 is 0 Å². The molecule has 0 N–H and O–H groups in total. The van der Waals surface area contributed by atoms with Crippen molar-refractivity contribution in [2.75, 3.05) is 6.54 Å². The molecule has 18 heavy (non-hydrogen) atoms. The van der Waals surface area contributed by atoms with Crippen molar-refractivity contribution in [3.63, 3.8) is 0 Å². The van der Waals surface area contributed by atoms with Gasteiger partial charge in [-0.1, -0.05) is 24.3 Å². The minimum Gasteiger partial charge on any atom is -0.298 e. The van der Waals surface area contributed by atoms with Crippen molar-refractivity contribution < 1.29 is 4.79 Å². The van der Waals surface area contributed by atoms with Crippen molar-refractivity contribution in [2.24, 2.45) is 0 Å². The van der Waals surface area contributed by atoms with E-state index in [0.29, 0.717) is 0 Å². The molecule has 1 heterocycles. The van der Waals surface area contributed by atoms with Crippen molar-refractivity contribution >= 4 is 23.8 Å². The summed E-state index contributed by atoms with van der Waals surface area (Å²) in [5.41, 5.74) is 1.21. The van der Waals surface area contributed by atoms with E-state index in [2.05, 4.69) is 34.6 Å². The Morgan fingerprint density at radius 3 is 2.72 bits per heavy atom. The summed E-state index contributed by atoms with van der Waals surface area (Å²) in [5.74, 6) is 0.283. The van der Waals surface area contributed by atoms with Crippen LogP contribution >= 0.6 is 11.9 Å². The first kappa shape index (κ1) is 13.4. The molecule has 3 heteroatoms. The summed E-state index contributed by atoms with van der Waals surface area (Å²) < 4.78 is 2.22. The van der Waals surface area contributed by atoms with Crippen molar-refractivity contribution in [1.82, 2.24) is 4.31 Å². The highest BCUT2D eigenvalue weighted by molar-refractivity contribution is 7.97. The molecule has 1 fully saturated rings. The Labute approximate surface area is 113 Å². The van der Waals surface area contributed by atoms with Crippen LogP contribution in [-0.4, -0.2) is 22.7 Å². The lowest BCUT2D eigenvalue weighted by molar-refractivity contribution is -0.119. The molecular weight excluding hydrogens is 242 g/mol. The average molecular weight is 261 g/mol. The fourth-order valence-corrected chi connectivity index (χ4v) is 3.35. The number of rotatable bonds is 4. The van der Waals surface area contributed by atoms with Gasteiger partial charge in [-0.25, -0.2) is 4.31 Å². The third kappa shape index (κ3) is 3.24. The van der Waals surface area contributed by atoms with Crippen LogP contribution in [0.25, 0.3) is 6.08 Å². The van der Waals surface area contributed by atoms with Crippen molar-refractivity contribution in [1.29, 1.82) is 0 Å². The summed E-state index contributed by atoms with van der Waals surface area (Å²) in [6.45, 7) is 4.72. The minimum absolute atomic E-state index is 0.102. The highest BCUT2D eigenvalue weighted by atomic mass is 32.2. The molecule has 96 valence electrons. The highest BCUT2D eigenvalue weighted by Crippen LogP contribution is 2.31. The summed E-state index contributed by atoms with van der Waals surface area (Å²) in [6, 6.07) is 8.57. The van der Waals surface area contributed by atoms with Crippen LogP contribution in [0.15, 0.2) is 35.2 Å². The van der Waals surface area contributed by atoms with Gasteiger partial charge in [0.25, 0.3) is 0 Å². The molecule has 1 aliphatic rings. The number of ketones is 1. The van der Waals surface area contributed by atoms with E-state index in [1.807, 2.05) is 13.0 Å². The molecule has 2 rings (SSSR count). The number of carbonyl (C=O) groups is 1. The minimum atomic E-state index is 0.102. The Morgan fingerprint density at radius 1 is 1.39 bits per heavy atom. The van der Waals surface area contributed by atoms with Gasteiger partial charge in [-0.15, -0.1) is 0 Å². The molecule has 1 atom stereocenters. The van der Waals surface area contributed by atoms with E-state index in [-0.39, 0.29) is 11.8 Å². The third-order valence-corrected chi connectivity index (χ3v) is 4.29. The van der Waals surface area contributed by atoms with Gasteiger partial charge in [0.2, 0.25) is 0 Å². The van der Waals surface area contributed by atoms with E-state index in [0.717, 1.165) is 19.4 Å². The summed E-state index contributed by atoms with van der Waals surface area (Å²) in [6.07, 6.45) is 6.24. The molecule has 0 aliphatic carbocycles. The molecular formula is C15H19NOS. The van der Waals surface area contributed by atoms with Crippen LogP contribution in [0.1, 0.15) is 32.3 Å². The van der Waals surface area contributed by atoms with Gasteiger partial charge in [0, 0.05) is 11.4 Å². The Hall–Kier alpha value is -1.06. The van der Waals surface area contributed by atoms with Crippen LogP contribution in [-0.2, 0) is 4.79 Å². The summed E-state index contributed by atoms with van der Waals surface area (Å²) in [7, 11) is 0. The topological polar surface area (TPSA) is 20.3 Å². The predicted octanol–water partition coefficient (Wildman–Crippen LogP) is 3.78. The molecule has 0 spiro atoms. The Bertz CT molecular complexity index is 438. The van der Waals surface area contributed by atoms with Gasteiger partial charge in [-0.3, -0.25) is 4.79 Å². The SMILES string of the molecule is CC=Cc1ccc(SN2CCCC2C(C)=O)cc1. The summed E-state index contributed by atoms with van der Waals surface area (Å²) in [4.78, 5) is 12.7. The second-order valence-electron chi connectivity index (χ2n) is 4.57. The summed E-state index contributed by atoms with van der Waals surface area (Å²) >= 11 is 1.70. The van der Waals surface area contributed by atoms with Crippen molar-refractivity contribution in [2.45, 2.75) is 37.6 Å². The smallest absolute Gasteiger partial charge is 0.147 e. The van der Waals surface area contributed by atoms with Crippen LogP contribution in [0.5, 0.6) is 0 Å². The van der Waals surface area contributed by atoms with E-state index in [1.54, 1.807) is 18.9 Å². The maximum Gasteiger partial charge on any atom is 0.147 e. The largest absolute Gasteiger partial charge is 0.298 e. The fourth-order valence-electron chi connectivity index (χ4n) is 2.22. The lowest BCUT2D eigenvalue weighted by Gasteiger charge is -2.20. The Kier molecular flexibility index (Phi) is 4.61. The summed E-state index contributed by atoms with van der Waals surface area (Å²) in [5, 5.41) is 0. The van der Waals surface area contributed by atoms with Gasteiger partial charge in [-0.2, -0.15) is 0 Å². The number of hydrogen-bond donors (Lipinski definition) is 0. The van der Waals surface area contributed by atoms with E-state index in [9.17, 15) is 4.79 Å². The normalized spacial score (nSPS) is 20.7. The molecule has 0 aromatic heterocycles. The quantitative estimate of drug-likeness (QED) is 0.769. The molecule has 0 saturated carbocycles. The van der Waals surface area contributed by atoms with Gasteiger partial charge < -0.3 is 0 Å². The van der Waals surface area contributed by atoms with Crippen LogP contribution in [0.4, 0.5) is 0 Å². The lowest BCUT2D eigenvalue weighted by atomic mass is 10.2. The molecule has 1 unspecified atom stereocenters. The lowest BCUT2D eigenvalue weighted by Crippen LogP contribution is -2.29. The van der Waals surface area contributed by atoms with Gasteiger partial charge in [0.05, 0.1) is 6.04 Å². The molecule has 0 radical (unpaired) electrons. The van der Waals surface area contributed by atoms with Gasteiger partial charge in [-0.05, 0) is 56.3 Å².